The van der Waals surface area contributed by atoms with Gasteiger partial charge in [0.25, 0.3) is 0 Å². The van der Waals surface area contributed by atoms with Gasteiger partial charge in [-0.3, -0.25) is 4.79 Å². The van der Waals surface area contributed by atoms with Gasteiger partial charge in [-0.05, 0) is 0 Å². The molecule has 0 heterocycles. The molecule has 0 saturated carbocycles. The van der Waals surface area contributed by atoms with Crippen LogP contribution >= 0.6 is 0 Å². The highest BCUT2D eigenvalue weighted by molar-refractivity contribution is 5.49. The topological polar surface area (TPSA) is 73.1 Å². The molecule has 4 heteroatoms. The highest BCUT2D eigenvalue weighted by Crippen LogP contribution is 1.89. The zero-order valence-corrected chi connectivity index (χ0v) is 4.66. The van der Waals surface area contributed by atoms with Crippen molar-refractivity contribution in [1.29, 1.82) is 5.26 Å². The van der Waals surface area contributed by atoms with Crippen LogP contribution in [0.5, 0.6) is 0 Å². The van der Waals surface area contributed by atoms with Crippen LogP contribution in [-0.2, 0) is 4.79 Å². The lowest BCUT2D eigenvalue weighted by Gasteiger charge is -1.93. The number of hydrogen-bond acceptors (Lipinski definition) is 3. The van der Waals surface area contributed by atoms with Crippen LogP contribution in [0.2, 0.25) is 0 Å². The van der Waals surface area contributed by atoms with E-state index in [1.165, 1.54) is 0 Å². The van der Waals surface area contributed by atoms with E-state index < -0.39 is 0 Å². The quantitative estimate of drug-likeness (QED) is 0.414. The van der Waals surface area contributed by atoms with Gasteiger partial charge in [0.2, 0.25) is 6.41 Å². The van der Waals surface area contributed by atoms with Crippen molar-refractivity contribution in [2.24, 2.45) is 0 Å². The molecule has 1 amide bonds. The van der Waals surface area contributed by atoms with E-state index >= 15 is 0 Å². The van der Waals surface area contributed by atoms with Crippen molar-refractivity contribution >= 4 is 6.41 Å². The van der Waals surface area contributed by atoms with E-state index in [-0.39, 0.29) is 12.1 Å². The van der Waals surface area contributed by atoms with Crippen LogP contribution in [0.4, 0.5) is 0 Å². The van der Waals surface area contributed by atoms with Crippen molar-refractivity contribution in [3.05, 3.63) is 12.0 Å². The second-order valence-corrected chi connectivity index (χ2v) is 1.25. The van der Waals surface area contributed by atoms with Crippen molar-refractivity contribution < 1.29 is 9.90 Å². The molecule has 0 spiro atoms. The molecule has 2 N–H and O–H groups in total. The zero-order valence-electron chi connectivity index (χ0n) is 4.66. The summed E-state index contributed by atoms with van der Waals surface area (Å²) >= 11 is 0. The Balaban J connectivity index is 3.73. The summed E-state index contributed by atoms with van der Waals surface area (Å²) in [6.45, 7) is 0. The van der Waals surface area contributed by atoms with Gasteiger partial charge in [0.15, 0.2) is 0 Å². The molecular formula is C5H6N2O2. The van der Waals surface area contributed by atoms with Crippen molar-refractivity contribution in [3.8, 4) is 6.07 Å². The average Bonchev–Trinajstić information content (AvgIpc) is 1.88. The fraction of sp³-hybridized carbons (Fsp3) is 0.200. The van der Waals surface area contributed by atoms with E-state index in [0.717, 1.165) is 0 Å². The van der Waals surface area contributed by atoms with Crippen LogP contribution in [0.25, 0.3) is 0 Å². The predicted octanol–water partition coefficient (Wildman–Crippen LogP) is 0.0455. The third-order valence-electron chi connectivity index (χ3n) is 0.670. The Morgan fingerprint density at radius 3 is 2.89 bits per heavy atom. The largest absolute Gasteiger partial charge is 0.514 e. The molecule has 0 bridgehead atoms. The van der Waals surface area contributed by atoms with Crippen molar-refractivity contribution in [2.75, 3.05) is 0 Å². The molecule has 4 nitrogen and oxygen atoms in total. The maximum absolute atomic E-state index is 9.68. The average molecular weight is 126 g/mol. The first-order valence-corrected chi connectivity index (χ1v) is 2.25. The number of hydrogen-bond donors (Lipinski definition) is 2. The fourth-order valence-corrected chi connectivity index (χ4v) is 0.295. The van der Waals surface area contributed by atoms with E-state index in [2.05, 4.69) is 5.32 Å². The van der Waals surface area contributed by atoms with Gasteiger partial charge in [0.1, 0.15) is 0 Å². The Morgan fingerprint density at radius 1 is 1.89 bits per heavy atom. The van der Waals surface area contributed by atoms with E-state index in [9.17, 15) is 4.79 Å². The molecule has 0 fully saturated rings. The molecule has 0 aromatic heterocycles. The maximum atomic E-state index is 9.68. The Hall–Kier alpha value is -1.50. The Kier molecular flexibility index (Phi) is 3.88. The third kappa shape index (κ3) is 3.12. The van der Waals surface area contributed by atoms with Crippen LogP contribution in [0.3, 0.4) is 0 Å². The number of rotatable bonds is 3. The van der Waals surface area contributed by atoms with Gasteiger partial charge in [-0.2, -0.15) is 5.26 Å². The van der Waals surface area contributed by atoms with Crippen LogP contribution in [0.1, 0.15) is 6.42 Å². The maximum Gasteiger partial charge on any atom is 0.211 e. The highest BCUT2D eigenvalue weighted by atomic mass is 16.2. The number of amides is 1. The first kappa shape index (κ1) is 7.50. The van der Waals surface area contributed by atoms with Gasteiger partial charge >= 0.3 is 0 Å². The molecule has 0 atom stereocenters. The van der Waals surface area contributed by atoms with Gasteiger partial charge in [-0.1, -0.05) is 0 Å². The smallest absolute Gasteiger partial charge is 0.211 e. The van der Waals surface area contributed by atoms with E-state index in [1.54, 1.807) is 6.07 Å². The van der Waals surface area contributed by atoms with Crippen molar-refractivity contribution in [3.63, 3.8) is 0 Å². The minimum Gasteiger partial charge on any atom is -0.514 e. The summed E-state index contributed by atoms with van der Waals surface area (Å²) in [5.74, 6) is 0. The van der Waals surface area contributed by atoms with E-state index in [0.29, 0.717) is 12.7 Å². The number of nitrogens with zero attached hydrogens (tertiary/aromatic N) is 1. The minimum atomic E-state index is 0.00917. The molecular weight excluding hydrogens is 120 g/mol. The summed E-state index contributed by atoms with van der Waals surface area (Å²) in [4.78, 5) is 9.68. The number of carbonyl (C=O) groups excluding carboxylic acids is 1. The number of nitriles is 1. The molecule has 0 rings (SSSR count). The monoisotopic (exact) mass is 126 g/mol. The predicted molar refractivity (Wildman–Crippen MR) is 30.1 cm³/mol. The number of nitrogens with one attached hydrogen (secondary N) is 1. The number of aliphatic hydroxyl groups excluding tert-OH is 1. The van der Waals surface area contributed by atoms with Gasteiger partial charge in [0.05, 0.1) is 24.4 Å². The van der Waals surface area contributed by atoms with Crippen molar-refractivity contribution in [1.82, 2.24) is 5.32 Å². The molecule has 0 saturated heterocycles. The molecule has 0 aromatic carbocycles. The van der Waals surface area contributed by atoms with Crippen LogP contribution < -0.4 is 5.32 Å². The lowest BCUT2D eigenvalue weighted by atomic mass is 10.4. The number of carbonyl (C=O) groups is 1. The van der Waals surface area contributed by atoms with E-state index in [1.807, 2.05) is 0 Å². The molecule has 0 aliphatic rings. The Bertz CT molecular complexity index is 157. The molecule has 0 aliphatic heterocycles. The van der Waals surface area contributed by atoms with Gasteiger partial charge < -0.3 is 10.4 Å². The summed E-state index contributed by atoms with van der Waals surface area (Å²) in [7, 11) is 0. The molecule has 48 valence electrons. The van der Waals surface area contributed by atoms with Crippen LogP contribution in [-0.4, -0.2) is 11.5 Å². The van der Waals surface area contributed by atoms with E-state index in [4.69, 9.17) is 10.4 Å². The molecule has 9 heavy (non-hydrogen) atoms. The first-order chi connectivity index (χ1) is 4.35. The lowest BCUT2D eigenvalue weighted by molar-refractivity contribution is -0.109. The number of aliphatic hydroxyl groups is 1. The molecule has 0 unspecified atom stereocenters. The van der Waals surface area contributed by atoms with Gasteiger partial charge in [-0.25, -0.2) is 0 Å². The first-order valence-electron chi connectivity index (χ1n) is 2.25. The number of allylic oxidation sites excluding steroid dienone is 1. The van der Waals surface area contributed by atoms with Crippen molar-refractivity contribution in [2.45, 2.75) is 6.42 Å². The summed E-state index contributed by atoms with van der Waals surface area (Å²) in [5.41, 5.74) is 0.201. The normalized spacial score (nSPS) is 9.89. The SMILES string of the molecule is N#CCC(=CO)NC=O. The zero-order chi connectivity index (χ0) is 7.11. The highest BCUT2D eigenvalue weighted by Gasteiger charge is 1.90. The Labute approximate surface area is 52.4 Å². The second kappa shape index (κ2) is 4.65. The summed E-state index contributed by atoms with van der Waals surface area (Å²) in [6, 6.07) is 1.75. The summed E-state index contributed by atoms with van der Waals surface area (Å²) < 4.78 is 0. The summed E-state index contributed by atoms with van der Waals surface area (Å²) in [5, 5.41) is 18.4. The van der Waals surface area contributed by atoms with Crippen LogP contribution in [0.15, 0.2) is 12.0 Å². The third-order valence-corrected chi connectivity index (χ3v) is 0.670. The summed E-state index contributed by atoms with van der Waals surface area (Å²) in [6.07, 6.45) is 1.10. The van der Waals surface area contributed by atoms with Gasteiger partial charge in [-0.15, -0.1) is 0 Å². The standard InChI is InChI=1S/C5H6N2O2/c6-2-1-5(3-8)7-4-9/h3-4,8H,1H2,(H,7,9). The lowest BCUT2D eigenvalue weighted by Crippen LogP contribution is -2.09. The second-order valence-electron chi connectivity index (χ2n) is 1.25. The van der Waals surface area contributed by atoms with Gasteiger partial charge in [0, 0.05) is 0 Å². The fourth-order valence-electron chi connectivity index (χ4n) is 0.295. The molecule has 0 aliphatic carbocycles. The molecule has 0 radical (unpaired) electrons. The minimum absolute atomic E-state index is 0.00917. The van der Waals surface area contributed by atoms with Crippen LogP contribution in [0, 0.1) is 11.3 Å². The Morgan fingerprint density at radius 2 is 2.56 bits per heavy atom. The molecule has 0 aromatic rings.